The lowest BCUT2D eigenvalue weighted by Crippen LogP contribution is -2.50. The van der Waals surface area contributed by atoms with Crippen LogP contribution >= 0.6 is 0 Å². The van der Waals surface area contributed by atoms with Crippen molar-refractivity contribution in [2.24, 2.45) is 7.05 Å². The summed E-state index contributed by atoms with van der Waals surface area (Å²) in [6, 6.07) is 17.0. The highest BCUT2D eigenvalue weighted by Gasteiger charge is 2.34. The first-order valence-electron chi connectivity index (χ1n) is 10.4. The molecule has 0 saturated heterocycles. The van der Waals surface area contributed by atoms with Gasteiger partial charge >= 0.3 is 6.85 Å². The highest BCUT2D eigenvalue weighted by atomic mass is 16.3. The predicted octanol–water partition coefficient (Wildman–Crippen LogP) is 3.53. The fraction of sp³-hybridized carbons (Fsp3) is 0.200. The van der Waals surface area contributed by atoms with E-state index in [0.717, 1.165) is 33.2 Å². The maximum atomic E-state index is 6.23. The third-order valence-corrected chi connectivity index (χ3v) is 6.02. The maximum absolute atomic E-state index is 6.23. The third-order valence-electron chi connectivity index (χ3n) is 6.02. The van der Waals surface area contributed by atoms with Crippen LogP contribution in [-0.2, 0) is 7.05 Å². The Labute approximate surface area is 176 Å². The van der Waals surface area contributed by atoms with Crippen LogP contribution in [0, 0.1) is 13.8 Å². The van der Waals surface area contributed by atoms with Crippen LogP contribution in [-0.4, -0.2) is 11.8 Å². The van der Waals surface area contributed by atoms with Gasteiger partial charge in [-0.25, -0.2) is 9.55 Å². The number of hydrogen-bond donors (Lipinski definition) is 0. The quantitative estimate of drug-likeness (QED) is 0.385. The van der Waals surface area contributed by atoms with E-state index in [1.807, 2.05) is 13.0 Å². The summed E-state index contributed by atoms with van der Waals surface area (Å²) in [4.78, 5) is 6.95. The summed E-state index contributed by atoms with van der Waals surface area (Å²) in [5.74, 6) is 3.42. The topological polar surface area (TPSA) is 33.2 Å². The van der Waals surface area contributed by atoms with E-state index in [0.29, 0.717) is 5.71 Å². The van der Waals surface area contributed by atoms with Gasteiger partial charge in [0.1, 0.15) is 5.70 Å². The summed E-state index contributed by atoms with van der Waals surface area (Å²) >= 11 is 0. The standard InChI is InChI=1S/C25H25BN3O/c1-16-15-28(5)23(13-21(16)19-9-7-6-8-10-19)29-18(3)24-22(14-26(29)4)20-12-11-17(2)27-25(20)30-24/h6-15H,1-5H3/q+1. The van der Waals surface area contributed by atoms with Crippen molar-refractivity contribution in [2.75, 3.05) is 4.81 Å². The average Bonchev–Trinajstić information content (AvgIpc) is 3.08. The van der Waals surface area contributed by atoms with E-state index in [4.69, 9.17) is 4.42 Å². The highest BCUT2D eigenvalue weighted by molar-refractivity contribution is 6.77. The van der Waals surface area contributed by atoms with E-state index in [1.54, 1.807) is 0 Å². The largest absolute Gasteiger partial charge is 0.434 e. The Bertz CT molecular complexity index is 1410. The molecule has 0 spiro atoms. The van der Waals surface area contributed by atoms with Crippen LogP contribution in [0.3, 0.4) is 0 Å². The van der Waals surface area contributed by atoms with Crippen LogP contribution in [0.5, 0.6) is 0 Å². The van der Waals surface area contributed by atoms with E-state index in [9.17, 15) is 0 Å². The van der Waals surface area contributed by atoms with Crippen molar-refractivity contribution in [1.29, 1.82) is 0 Å². The molecule has 1 aromatic carbocycles. The molecule has 0 N–H and O–H groups in total. The number of rotatable bonds is 2. The van der Waals surface area contributed by atoms with E-state index >= 15 is 0 Å². The minimum atomic E-state index is 0.192. The van der Waals surface area contributed by atoms with Crippen LogP contribution in [0.15, 0.2) is 59.1 Å². The minimum absolute atomic E-state index is 0.192. The lowest BCUT2D eigenvalue weighted by atomic mass is 9.60. The molecule has 0 radical (unpaired) electrons. The van der Waals surface area contributed by atoms with Gasteiger partial charge in [0.25, 0.3) is 5.82 Å². The summed E-state index contributed by atoms with van der Waals surface area (Å²) in [6.07, 6.45) is 2.21. The molecule has 0 aliphatic carbocycles. The number of pyridine rings is 2. The van der Waals surface area contributed by atoms with E-state index in [2.05, 4.69) is 96.7 Å². The van der Waals surface area contributed by atoms with Gasteiger partial charge < -0.3 is 4.42 Å². The second kappa shape index (κ2) is 6.87. The molecule has 0 unspecified atom stereocenters. The summed E-state index contributed by atoms with van der Waals surface area (Å²) in [5.41, 5.74) is 7.42. The Morgan fingerprint density at radius 2 is 1.80 bits per heavy atom. The maximum Gasteiger partial charge on any atom is 0.402 e. The molecule has 0 fully saturated rings. The molecule has 0 atom stereocenters. The van der Waals surface area contributed by atoms with Crippen molar-refractivity contribution < 1.29 is 8.98 Å². The zero-order valence-electron chi connectivity index (χ0n) is 18.1. The summed E-state index contributed by atoms with van der Waals surface area (Å²) in [7, 11) is 2.11. The lowest BCUT2D eigenvalue weighted by Gasteiger charge is -2.24. The number of nitrogens with zero attached hydrogens (tertiary/aromatic N) is 3. The summed E-state index contributed by atoms with van der Waals surface area (Å²) in [5, 5.41) is 2.23. The molecular formula is C25H25BN3O+. The first-order chi connectivity index (χ1) is 14.4. The van der Waals surface area contributed by atoms with Gasteiger partial charge in [-0.3, -0.25) is 4.81 Å². The monoisotopic (exact) mass is 394 g/mol. The van der Waals surface area contributed by atoms with Crippen LogP contribution in [0.4, 0.5) is 5.82 Å². The number of aromatic nitrogens is 2. The molecular weight excluding hydrogens is 369 g/mol. The third kappa shape index (κ3) is 2.85. The van der Waals surface area contributed by atoms with Crippen molar-refractivity contribution >= 4 is 35.4 Å². The van der Waals surface area contributed by atoms with Gasteiger partial charge in [-0.15, -0.1) is 0 Å². The van der Waals surface area contributed by atoms with Crippen molar-refractivity contribution in [2.45, 2.75) is 27.6 Å². The number of anilines is 1. The fourth-order valence-electron chi connectivity index (χ4n) is 4.57. The highest BCUT2D eigenvalue weighted by Crippen LogP contribution is 2.28. The van der Waals surface area contributed by atoms with Crippen molar-refractivity contribution in [1.82, 2.24) is 4.98 Å². The van der Waals surface area contributed by atoms with Gasteiger partial charge in [0.05, 0.1) is 13.2 Å². The predicted molar refractivity (Wildman–Crippen MR) is 123 cm³/mol. The number of benzene rings is 1. The Balaban J connectivity index is 1.74. The lowest BCUT2D eigenvalue weighted by molar-refractivity contribution is -0.658. The number of aryl methyl sites for hydroxylation is 3. The van der Waals surface area contributed by atoms with Crippen molar-refractivity contribution in [3.8, 4) is 11.1 Å². The second-order valence-electron chi connectivity index (χ2n) is 8.22. The van der Waals surface area contributed by atoms with Crippen LogP contribution in [0.1, 0.15) is 18.2 Å². The van der Waals surface area contributed by atoms with Crippen molar-refractivity contribution in [3.05, 3.63) is 76.6 Å². The van der Waals surface area contributed by atoms with Crippen molar-refractivity contribution in [3.63, 3.8) is 0 Å². The molecule has 5 rings (SSSR count). The van der Waals surface area contributed by atoms with Gasteiger partial charge in [0.15, 0.2) is 5.42 Å². The Morgan fingerprint density at radius 3 is 2.57 bits per heavy atom. The average molecular weight is 394 g/mol. The van der Waals surface area contributed by atoms with Gasteiger partial charge in [-0.1, -0.05) is 36.3 Å². The zero-order valence-corrected chi connectivity index (χ0v) is 18.1. The molecule has 5 heteroatoms. The zero-order chi connectivity index (χ0) is 21.0. The SMILES string of the molecule is CB1C=c2c(oc3nc(C)ccc23)=C(C)N1c1cc(-c2ccccc2)c(C)c[n+]1C. The molecule has 0 bridgehead atoms. The molecule has 4 nitrogen and oxygen atoms in total. The smallest absolute Gasteiger partial charge is 0.402 e. The van der Waals surface area contributed by atoms with Gasteiger partial charge in [-0.2, -0.15) is 0 Å². The fourth-order valence-corrected chi connectivity index (χ4v) is 4.57. The first-order valence-corrected chi connectivity index (χ1v) is 10.4. The molecule has 0 amide bonds. The van der Waals surface area contributed by atoms with E-state index in [1.165, 1.54) is 16.7 Å². The number of fused-ring (bicyclic) bond motifs is 3. The van der Waals surface area contributed by atoms with E-state index in [-0.39, 0.29) is 6.85 Å². The molecule has 1 aliphatic rings. The minimum Gasteiger partial charge on any atom is -0.434 e. The molecule has 30 heavy (non-hydrogen) atoms. The number of furan rings is 1. The molecule has 4 aromatic rings. The Morgan fingerprint density at radius 1 is 1.03 bits per heavy atom. The Hall–Kier alpha value is -3.34. The van der Waals surface area contributed by atoms with Gasteiger partial charge in [-0.05, 0) is 56.4 Å². The van der Waals surface area contributed by atoms with Gasteiger partial charge in [0, 0.05) is 22.4 Å². The van der Waals surface area contributed by atoms with Crippen LogP contribution < -0.4 is 20.0 Å². The molecule has 3 aromatic heterocycles. The van der Waals surface area contributed by atoms with E-state index < -0.39 is 0 Å². The first kappa shape index (κ1) is 18.7. The molecule has 148 valence electrons. The second-order valence-corrected chi connectivity index (χ2v) is 8.22. The number of hydrogen-bond acceptors (Lipinski definition) is 3. The van der Waals surface area contributed by atoms with Crippen LogP contribution in [0.25, 0.3) is 33.9 Å². The van der Waals surface area contributed by atoms with Crippen LogP contribution in [0.2, 0.25) is 6.82 Å². The molecule has 0 saturated carbocycles. The summed E-state index contributed by atoms with van der Waals surface area (Å²) in [6.45, 7) is 8.72. The molecule has 1 aliphatic heterocycles. The summed E-state index contributed by atoms with van der Waals surface area (Å²) < 4.78 is 8.43. The Kier molecular flexibility index (Phi) is 4.28. The van der Waals surface area contributed by atoms with Gasteiger partial charge in [0.2, 0.25) is 5.71 Å². The normalized spacial score (nSPS) is 13.6. The molecule has 4 heterocycles.